The van der Waals surface area contributed by atoms with Crippen molar-refractivity contribution in [2.24, 2.45) is 0 Å². The predicted octanol–water partition coefficient (Wildman–Crippen LogP) is 4.26. The van der Waals surface area contributed by atoms with Crippen LogP contribution in [0.2, 0.25) is 0 Å². The van der Waals surface area contributed by atoms with Crippen LogP contribution in [0.15, 0.2) is 54.1 Å². The summed E-state index contributed by atoms with van der Waals surface area (Å²) in [5, 5.41) is 11.3. The highest BCUT2D eigenvalue weighted by Crippen LogP contribution is 2.34. The molecule has 0 bridgehead atoms. The summed E-state index contributed by atoms with van der Waals surface area (Å²) in [4.78, 5) is 12.2. The number of terminal acetylenes is 1. The average molecular weight is 370 g/mol. The fourth-order valence-corrected chi connectivity index (χ4v) is 2.13. The summed E-state index contributed by atoms with van der Waals surface area (Å²) in [6.45, 7) is 0.0969. The van der Waals surface area contributed by atoms with Gasteiger partial charge in [0.15, 0.2) is 0 Å². The molecule has 0 fully saturated rings. The van der Waals surface area contributed by atoms with Crippen LogP contribution in [-0.4, -0.2) is 12.5 Å². The van der Waals surface area contributed by atoms with Crippen molar-refractivity contribution in [3.63, 3.8) is 0 Å². The topological polar surface area (TPSA) is 62.1 Å². The van der Waals surface area contributed by atoms with Crippen LogP contribution >= 0.6 is 0 Å². The van der Waals surface area contributed by atoms with Crippen LogP contribution in [0.4, 0.5) is 18.9 Å². The molecule has 136 valence electrons. The smallest absolute Gasteiger partial charge is 0.418 e. The van der Waals surface area contributed by atoms with Gasteiger partial charge in [-0.3, -0.25) is 4.79 Å². The molecule has 2 rings (SSSR count). The van der Waals surface area contributed by atoms with E-state index >= 15 is 0 Å². The third-order valence-electron chi connectivity index (χ3n) is 3.36. The Morgan fingerprint density at radius 3 is 2.44 bits per heavy atom. The first kappa shape index (κ1) is 19.6. The van der Waals surface area contributed by atoms with Gasteiger partial charge in [0.2, 0.25) is 0 Å². The van der Waals surface area contributed by atoms with Crippen LogP contribution in [0.3, 0.4) is 0 Å². The van der Waals surface area contributed by atoms with Gasteiger partial charge in [0.25, 0.3) is 5.91 Å². The number of hydrogen-bond donors (Lipinski definition) is 1. The second-order valence-electron chi connectivity index (χ2n) is 5.23. The number of anilines is 1. The van der Waals surface area contributed by atoms with Gasteiger partial charge in [-0.25, -0.2) is 0 Å². The molecule has 0 radical (unpaired) electrons. The number of carbonyl (C=O) groups excluding carboxylic acids is 1. The van der Waals surface area contributed by atoms with E-state index in [9.17, 15) is 23.2 Å². The molecule has 0 unspecified atom stereocenters. The molecule has 2 aromatic carbocycles. The molecule has 0 heterocycles. The number of rotatable bonds is 5. The molecule has 27 heavy (non-hydrogen) atoms. The second kappa shape index (κ2) is 8.59. The molecule has 1 amide bonds. The van der Waals surface area contributed by atoms with E-state index in [4.69, 9.17) is 11.2 Å². The number of amides is 1. The summed E-state index contributed by atoms with van der Waals surface area (Å²) < 4.78 is 44.2. The fourth-order valence-electron chi connectivity index (χ4n) is 2.13. The molecule has 1 N–H and O–H groups in total. The highest BCUT2D eigenvalue weighted by atomic mass is 19.4. The Hall–Kier alpha value is -3.71. The van der Waals surface area contributed by atoms with Crippen molar-refractivity contribution >= 4 is 17.7 Å². The number of alkyl halides is 3. The van der Waals surface area contributed by atoms with Crippen LogP contribution in [0.5, 0.6) is 5.75 Å². The number of halogens is 3. The van der Waals surface area contributed by atoms with Gasteiger partial charge >= 0.3 is 6.18 Å². The first-order valence-corrected chi connectivity index (χ1v) is 7.61. The lowest BCUT2D eigenvalue weighted by molar-refractivity contribution is -0.137. The standard InChI is InChI=1S/C20H13F3N2O2/c1-2-11-27-16-9-7-14(8-10-16)12-15(13-24)19(26)25-18-6-4-3-5-17(18)20(21,22)23/h1,3-10,12H,11H2,(H,25,26)/b15-12-. The Morgan fingerprint density at radius 2 is 1.85 bits per heavy atom. The maximum absolute atomic E-state index is 13.0. The van der Waals surface area contributed by atoms with Crippen molar-refractivity contribution in [1.82, 2.24) is 0 Å². The molecular weight excluding hydrogens is 357 g/mol. The Labute approximate surface area is 153 Å². The van der Waals surface area contributed by atoms with Crippen molar-refractivity contribution in [1.29, 1.82) is 5.26 Å². The first-order valence-electron chi connectivity index (χ1n) is 7.61. The summed E-state index contributed by atoms with van der Waals surface area (Å²) in [5.74, 6) is 1.88. The van der Waals surface area contributed by atoms with Gasteiger partial charge in [0.05, 0.1) is 11.3 Å². The van der Waals surface area contributed by atoms with E-state index in [0.29, 0.717) is 11.3 Å². The number of nitrogens with one attached hydrogen (secondary N) is 1. The lowest BCUT2D eigenvalue weighted by Gasteiger charge is -2.13. The van der Waals surface area contributed by atoms with Crippen LogP contribution in [0.1, 0.15) is 11.1 Å². The number of ether oxygens (including phenoxy) is 1. The molecule has 0 saturated carbocycles. The molecule has 2 aromatic rings. The lowest BCUT2D eigenvalue weighted by atomic mass is 10.1. The monoisotopic (exact) mass is 370 g/mol. The van der Waals surface area contributed by atoms with Gasteiger partial charge < -0.3 is 10.1 Å². The van der Waals surface area contributed by atoms with Crippen molar-refractivity contribution in [3.8, 4) is 24.2 Å². The van der Waals surface area contributed by atoms with Gasteiger partial charge in [-0.1, -0.05) is 30.2 Å². The summed E-state index contributed by atoms with van der Waals surface area (Å²) in [6, 6.07) is 12.6. The minimum absolute atomic E-state index is 0.0969. The average Bonchev–Trinajstić information content (AvgIpc) is 2.64. The molecule has 0 aliphatic heterocycles. The van der Waals surface area contributed by atoms with Crippen molar-refractivity contribution in [2.45, 2.75) is 6.18 Å². The van der Waals surface area contributed by atoms with E-state index in [1.54, 1.807) is 30.3 Å². The number of nitrogens with zero attached hydrogens (tertiary/aromatic N) is 1. The van der Waals surface area contributed by atoms with Crippen molar-refractivity contribution in [2.75, 3.05) is 11.9 Å². The molecule has 0 aliphatic carbocycles. The summed E-state index contributed by atoms with van der Waals surface area (Å²) in [6.07, 6.45) is 1.72. The minimum Gasteiger partial charge on any atom is -0.481 e. The fraction of sp³-hybridized carbons (Fsp3) is 0.100. The van der Waals surface area contributed by atoms with Gasteiger partial charge in [-0.15, -0.1) is 6.42 Å². The van der Waals surface area contributed by atoms with Crippen LogP contribution in [0, 0.1) is 23.7 Å². The number of para-hydroxylation sites is 1. The molecule has 4 nitrogen and oxygen atoms in total. The zero-order chi connectivity index (χ0) is 19.9. The zero-order valence-corrected chi connectivity index (χ0v) is 13.9. The second-order valence-corrected chi connectivity index (χ2v) is 5.23. The molecule has 0 spiro atoms. The zero-order valence-electron chi connectivity index (χ0n) is 13.9. The normalized spacial score (nSPS) is 11.2. The first-order chi connectivity index (χ1) is 12.8. The van der Waals surface area contributed by atoms with E-state index in [1.165, 1.54) is 18.2 Å². The van der Waals surface area contributed by atoms with Gasteiger partial charge in [0.1, 0.15) is 24.0 Å². The Balaban J connectivity index is 2.21. The predicted molar refractivity (Wildman–Crippen MR) is 94.4 cm³/mol. The number of nitriles is 1. The highest BCUT2D eigenvalue weighted by molar-refractivity contribution is 6.10. The van der Waals surface area contributed by atoms with Crippen LogP contribution in [-0.2, 0) is 11.0 Å². The van der Waals surface area contributed by atoms with Crippen LogP contribution < -0.4 is 10.1 Å². The van der Waals surface area contributed by atoms with E-state index in [2.05, 4.69) is 11.2 Å². The molecule has 0 aromatic heterocycles. The third kappa shape index (κ3) is 5.38. The maximum Gasteiger partial charge on any atom is 0.418 e. The summed E-state index contributed by atoms with van der Waals surface area (Å²) in [5.41, 5.74) is -1.26. The highest BCUT2D eigenvalue weighted by Gasteiger charge is 2.33. The Bertz CT molecular complexity index is 933. The van der Waals surface area contributed by atoms with E-state index in [-0.39, 0.29) is 12.2 Å². The third-order valence-corrected chi connectivity index (χ3v) is 3.36. The quantitative estimate of drug-likeness (QED) is 0.486. The minimum atomic E-state index is -4.63. The lowest BCUT2D eigenvalue weighted by Crippen LogP contribution is -2.17. The number of benzene rings is 2. The molecule has 7 heteroatoms. The maximum atomic E-state index is 13.0. The number of carbonyl (C=O) groups is 1. The largest absolute Gasteiger partial charge is 0.481 e. The summed E-state index contributed by atoms with van der Waals surface area (Å²) >= 11 is 0. The molecule has 0 aliphatic rings. The summed E-state index contributed by atoms with van der Waals surface area (Å²) in [7, 11) is 0. The van der Waals surface area contributed by atoms with Gasteiger partial charge in [-0.2, -0.15) is 18.4 Å². The van der Waals surface area contributed by atoms with Gasteiger partial charge in [-0.05, 0) is 35.9 Å². The van der Waals surface area contributed by atoms with E-state index in [1.807, 2.05) is 0 Å². The number of hydrogen-bond acceptors (Lipinski definition) is 3. The molecule has 0 atom stereocenters. The Kier molecular flexibility index (Phi) is 6.24. The van der Waals surface area contributed by atoms with Crippen molar-refractivity contribution in [3.05, 3.63) is 65.2 Å². The van der Waals surface area contributed by atoms with E-state index < -0.39 is 23.3 Å². The molecular formula is C20H13F3N2O2. The van der Waals surface area contributed by atoms with Crippen molar-refractivity contribution < 1.29 is 22.7 Å². The van der Waals surface area contributed by atoms with Crippen LogP contribution in [0.25, 0.3) is 6.08 Å². The van der Waals surface area contributed by atoms with Gasteiger partial charge in [0, 0.05) is 0 Å². The van der Waals surface area contributed by atoms with E-state index in [0.717, 1.165) is 12.1 Å². The Morgan fingerprint density at radius 1 is 1.19 bits per heavy atom. The SMILES string of the molecule is C#CCOc1ccc(/C=C(/C#N)C(=O)Nc2ccccc2C(F)(F)F)cc1. The molecule has 0 saturated heterocycles.